The van der Waals surface area contributed by atoms with Crippen LogP contribution in [0.1, 0.15) is 5.56 Å². The van der Waals surface area contributed by atoms with Gasteiger partial charge in [-0.25, -0.2) is 0 Å². The third kappa shape index (κ3) is 1.33. The molecule has 0 spiro atoms. The maximum absolute atomic E-state index is 10.9. The fraction of sp³-hybridized carbons (Fsp3) is 0.300. The number of hydrogen-bond donors (Lipinski definition) is 0. The Morgan fingerprint density at radius 3 is 2.58 bits per heavy atom. The van der Waals surface area contributed by atoms with E-state index in [9.17, 15) is 4.79 Å². The first-order valence-electron chi connectivity index (χ1n) is 4.11. The average molecular weight is 160 g/mol. The zero-order valence-corrected chi connectivity index (χ0v) is 6.73. The summed E-state index contributed by atoms with van der Waals surface area (Å²) in [4.78, 5) is 10.9. The molecule has 1 unspecified atom stereocenters. The molecule has 12 heavy (non-hydrogen) atoms. The Bertz CT molecular complexity index is 281. The van der Waals surface area contributed by atoms with Gasteiger partial charge in [-0.05, 0) is 12.0 Å². The molecule has 0 aliphatic carbocycles. The fourth-order valence-electron chi connectivity index (χ4n) is 1.35. The van der Waals surface area contributed by atoms with Gasteiger partial charge in [-0.2, -0.15) is 0 Å². The maximum atomic E-state index is 10.9. The summed E-state index contributed by atoms with van der Waals surface area (Å²) in [7, 11) is 0. The summed E-state index contributed by atoms with van der Waals surface area (Å²) in [5.74, 6) is 0.228. The molecule has 61 valence electrons. The van der Waals surface area contributed by atoms with Crippen molar-refractivity contribution < 1.29 is 4.79 Å². The molecule has 1 aromatic rings. The summed E-state index contributed by atoms with van der Waals surface area (Å²) in [6.07, 6.45) is 0.850. The monoisotopic (exact) mass is 160 g/mol. The van der Waals surface area contributed by atoms with E-state index in [0.29, 0.717) is 6.54 Å². The highest BCUT2D eigenvalue weighted by Gasteiger charge is 2.29. The molecule has 1 heterocycles. The van der Waals surface area contributed by atoms with Crippen molar-refractivity contribution in [2.75, 3.05) is 6.54 Å². The quantitative estimate of drug-likeness (QED) is 0.593. The summed E-state index contributed by atoms with van der Waals surface area (Å²) >= 11 is 0. The summed E-state index contributed by atoms with van der Waals surface area (Å²) < 4.78 is 0. The van der Waals surface area contributed by atoms with Crippen LogP contribution in [0.15, 0.2) is 30.3 Å². The number of hydrogen-bond acceptors (Lipinski definition) is 1. The van der Waals surface area contributed by atoms with Crippen LogP contribution in [0, 0.1) is 5.92 Å². The minimum absolute atomic E-state index is 0.0684. The van der Waals surface area contributed by atoms with E-state index in [-0.39, 0.29) is 11.8 Å². The number of benzene rings is 1. The number of amides is 1. The topological polar surface area (TPSA) is 31.2 Å². The summed E-state index contributed by atoms with van der Waals surface area (Å²) in [6.45, 7) is 0.716. The van der Waals surface area contributed by atoms with Crippen LogP contribution >= 0.6 is 0 Å². The van der Waals surface area contributed by atoms with Crippen molar-refractivity contribution in [1.82, 2.24) is 5.32 Å². The van der Waals surface area contributed by atoms with E-state index in [4.69, 9.17) is 0 Å². The van der Waals surface area contributed by atoms with E-state index >= 15 is 0 Å². The van der Waals surface area contributed by atoms with Gasteiger partial charge in [0, 0.05) is 0 Å². The van der Waals surface area contributed by atoms with Crippen LogP contribution in [0.3, 0.4) is 0 Å². The lowest BCUT2D eigenvalue weighted by atomic mass is 9.93. The molecule has 1 aliphatic heterocycles. The largest absolute Gasteiger partial charge is 0.273 e. The van der Waals surface area contributed by atoms with E-state index in [1.807, 2.05) is 30.3 Å². The Balaban J connectivity index is 2.00. The molecule has 0 aromatic heterocycles. The predicted molar refractivity (Wildman–Crippen MR) is 45.6 cm³/mol. The Kier molecular flexibility index (Phi) is 1.82. The molecule has 1 amide bonds. The molecular weight excluding hydrogens is 150 g/mol. The first-order valence-corrected chi connectivity index (χ1v) is 4.11. The number of carbonyl (C=O) groups is 1. The minimum atomic E-state index is 0.0684. The number of nitrogens with zero attached hydrogens (tertiary/aromatic N) is 1. The van der Waals surface area contributed by atoms with Crippen molar-refractivity contribution >= 4 is 5.91 Å². The highest BCUT2D eigenvalue weighted by molar-refractivity contribution is 5.84. The third-order valence-electron chi connectivity index (χ3n) is 2.14. The van der Waals surface area contributed by atoms with Gasteiger partial charge in [0.15, 0.2) is 0 Å². The summed E-state index contributed by atoms with van der Waals surface area (Å²) in [5, 5.41) is 3.71. The smallest absolute Gasteiger partial charge is 0.246 e. The molecule has 2 nitrogen and oxygen atoms in total. The van der Waals surface area contributed by atoms with Crippen molar-refractivity contribution in [2.24, 2.45) is 5.92 Å². The van der Waals surface area contributed by atoms with Crippen LogP contribution in [0.2, 0.25) is 0 Å². The molecule has 1 atom stereocenters. The van der Waals surface area contributed by atoms with Gasteiger partial charge in [0.25, 0.3) is 0 Å². The molecule has 0 bridgehead atoms. The minimum Gasteiger partial charge on any atom is -0.273 e. The third-order valence-corrected chi connectivity index (χ3v) is 2.14. The van der Waals surface area contributed by atoms with Crippen molar-refractivity contribution in [1.29, 1.82) is 0 Å². The average Bonchev–Trinajstić information content (AvgIpc) is 2.14. The van der Waals surface area contributed by atoms with Gasteiger partial charge in [-0.3, -0.25) is 10.1 Å². The van der Waals surface area contributed by atoms with E-state index in [1.54, 1.807) is 0 Å². The van der Waals surface area contributed by atoms with E-state index < -0.39 is 0 Å². The number of rotatable bonds is 2. The Labute approximate surface area is 71.6 Å². The van der Waals surface area contributed by atoms with Gasteiger partial charge in [0.05, 0.1) is 12.5 Å². The van der Waals surface area contributed by atoms with Crippen molar-refractivity contribution in [3.63, 3.8) is 0 Å². The first-order chi connectivity index (χ1) is 5.86. The van der Waals surface area contributed by atoms with Gasteiger partial charge in [-0.15, -0.1) is 0 Å². The van der Waals surface area contributed by atoms with Crippen LogP contribution in [0.25, 0.3) is 0 Å². The van der Waals surface area contributed by atoms with Crippen molar-refractivity contribution in [2.45, 2.75) is 6.42 Å². The second-order valence-corrected chi connectivity index (χ2v) is 3.07. The zero-order valence-electron chi connectivity index (χ0n) is 6.73. The number of β-lactam (4-membered cyclic amide) rings is 1. The van der Waals surface area contributed by atoms with Crippen molar-refractivity contribution in [3.05, 3.63) is 35.9 Å². The molecule has 0 N–H and O–H groups in total. The second kappa shape index (κ2) is 2.97. The lowest BCUT2D eigenvalue weighted by Gasteiger charge is -2.22. The Hall–Kier alpha value is -1.31. The van der Waals surface area contributed by atoms with Crippen LogP contribution in [0.4, 0.5) is 0 Å². The Morgan fingerprint density at radius 1 is 1.33 bits per heavy atom. The van der Waals surface area contributed by atoms with E-state index in [0.717, 1.165) is 6.42 Å². The standard InChI is InChI=1S/C10H10NO/c12-10-9(7-11-10)6-8-4-2-1-3-5-8/h1-5,9H,6-7H2. The lowest BCUT2D eigenvalue weighted by Crippen LogP contribution is -2.43. The fourth-order valence-corrected chi connectivity index (χ4v) is 1.35. The number of carbonyl (C=O) groups excluding carboxylic acids is 1. The molecule has 0 saturated carbocycles. The first kappa shape index (κ1) is 7.35. The SMILES string of the molecule is O=C1[N]CC1Cc1ccccc1. The molecule has 2 heteroatoms. The highest BCUT2D eigenvalue weighted by atomic mass is 16.2. The van der Waals surface area contributed by atoms with Crippen molar-refractivity contribution in [3.8, 4) is 0 Å². The molecule has 1 aromatic carbocycles. The molecule has 1 saturated heterocycles. The zero-order chi connectivity index (χ0) is 8.39. The molecule has 1 fully saturated rings. The summed E-state index contributed by atoms with van der Waals surface area (Å²) in [5.41, 5.74) is 1.23. The Morgan fingerprint density at radius 2 is 2.08 bits per heavy atom. The molecular formula is C10H10NO. The molecule has 1 radical (unpaired) electrons. The van der Waals surface area contributed by atoms with E-state index in [2.05, 4.69) is 5.32 Å². The highest BCUT2D eigenvalue weighted by Crippen LogP contribution is 2.14. The predicted octanol–water partition coefficient (Wildman–Crippen LogP) is 0.990. The van der Waals surface area contributed by atoms with Crippen LogP contribution in [0.5, 0.6) is 0 Å². The van der Waals surface area contributed by atoms with E-state index in [1.165, 1.54) is 5.56 Å². The van der Waals surface area contributed by atoms with Crippen LogP contribution in [-0.4, -0.2) is 12.5 Å². The van der Waals surface area contributed by atoms with Gasteiger partial charge in [-0.1, -0.05) is 30.3 Å². The second-order valence-electron chi connectivity index (χ2n) is 3.07. The summed E-state index contributed by atoms with van der Waals surface area (Å²) in [6, 6.07) is 10.1. The molecule has 1 aliphatic rings. The lowest BCUT2D eigenvalue weighted by molar-refractivity contribution is -0.131. The normalized spacial score (nSPS) is 21.3. The van der Waals surface area contributed by atoms with Crippen LogP contribution < -0.4 is 5.32 Å². The van der Waals surface area contributed by atoms with Gasteiger partial charge < -0.3 is 0 Å². The molecule has 2 rings (SSSR count). The van der Waals surface area contributed by atoms with Gasteiger partial charge >= 0.3 is 0 Å². The van der Waals surface area contributed by atoms with Gasteiger partial charge in [0.1, 0.15) is 0 Å². The van der Waals surface area contributed by atoms with Crippen LogP contribution in [-0.2, 0) is 11.2 Å². The maximum Gasteiger partial charge on any atom is 0.246 e. The van der Waals surface area contributed by atoms with Gasteiger partial charge in [0.2, 0.25) is 5.91 Å².